The molecule has 0 spiro atoms. The molecule has 6 aromatic heterocycles. The third-order valence-electron chi connectivity index (χ3n) is 15.6. The van der Waals surface area contributed by atoms with Gasteiger partial charge in [0, 0.05) is 167 Å². The van der Waals surface area contributed by atoms with Gasteiger partial charge in [0.05, 0.1) is 70.2 Å². The number of benzene rings is 9. The molecule has 0 saturated carbocycles. The Bertz CT molecular complexity index is 6140. The van der Waals surface area contributed by atoms with Gasteiger partial charge in [-0.25, -0.2) is 13.8 Å². The maximum Gasteiger partial charge on any atom is 0.420 e. The van der Waals surface area contributed by atoms with E-state index in [9.17, 15) is 26.3 Å². The molecular formula is C94H66F6Ir5N28. The minimum Gasteiger partial charge on any atom is -0.291 e. The minimum absolute atomic E-state index is 0. The van der Waals surface area contributed by atoms with Crippen LogP contribution in [0.2, 0.25) is 0 Å². The average molecular weight is 2660 g/mol. The van der Waals surface area contributed by atoms with Gasteiger partial charge in [0.25, 0.3) is 0 Å². The quantitative estimate of drug-likeness (QED) is 0.0534. The average Bonchev–Trinajstić information content (AvgIpc) is 0.968. The second-order valence-corrected chi connectivity index (χ2v) is 25.1. The smallest absolute Gasteiger partial charge is 0.291 e. The third kappa shape index (κ3) is 34.8. The Kier molecular flexibility index (Phi) is 46.5. The second-order valence-electron chi connectivity index (χ2n) is 25.1. The largest absolute Gasteiger partial charge is 0.420 e. The molecule has 5 aliphatic rings. The summed E-state index contributed by atoms with van der Waals surface area (Å²) in [6, 6.07) is 109. The SMILES string of the molecule is C[N+]1=C=[N+](c2[c-]cccc2)N=C1.C[N+]1=C=[N+](c2[c-]cccc2)N=C1.C[N+]1=C=[N+](c2[c-]cccc2)N=C1.C[N+]1=C=[N+](c2[c-]cccc2)N=C1.C[N+]1=C=[N+](c2[c-]cccc2)N=C1.Fc1c[c-]c(-c2ncccn2)c(F)c1.Fc1c[c-]c(-c2ncccn2)c(F)n1.N#Cc1c(F)c[c-]c(-c2ncccn2)c1F.[Ir].[Ir].[Ir].[Ir].[Ir].[c-]1ccccc1-c1ncccn1.[c-]1ccccc1-c1ncncn1. The molecule has 15 aromatic rings. The summed E-state index contributed by atoms with van der Waals surface area (Å²) in [4.78, 5) is 45.8. The van der Waals surface area contributed by atoms with Gasteiger partial charge in [-0.15, -0.1) is 186 Å². The maximum absolute atomic E-state index is 13.6. The van der Waals surface area contributed by atoms with Gasteiger partial charge in [0.1, 0.15) is 88.2 Å². The fraction of sp³-hybridized carbons (Fsp3) is 0.0532. The number of nitriles is 1. The number of hydrazone groups is 5. The molecule has 133 heavy (non-hydrogen) atoms. The monoisotopic (exact) mass is 2670 g/mol. The molecule has 0 saturated heterocycles. The van der Waals surface area contributed by atoms with Crippen LogP contribution in [0.25, 0.3) is 56.9 Å². The van der Waals surface area contributed by atoms with Gasteiger partial charge in [0.15, 0.2) is 0 Å². The molecule has 0 atom stereocenters. The van der Waals surface area contributed by atoms with Gasteiger partial charge >= 0.3 is 61.7 Å². The Labute approximate surface area is 827 Å². The molecule has 0 bridgehead atoms. The van der Waals surface area contributed by atoms with Crippen LogP contribution in [0.15, 0.2) is 306 Å². The van der Waals surface area contributed by atoms with E-state index in [1.165, 1.54) is 55.9 Å². The fourth-order valence-electron chi connectivity index (χ4n) is 9.89. The van der Waals surface area contributed by atoms with Crippen LogP contribution in [0.3, 0.4) is 0 Å². The molecule has 28 nitrogen and oxygen atoms in total. The number of pyridine rings is 1. The van der Waals surface area contributed by atoms with Gasteiger partial charge in [-0.3, -0.25) is 72.4 Å². The molecule has 5 aliphatic heterocycles. The second kappa shape index (κ2) is 57.8. The van der Waals surface area contributed by atoms with Crippen LogP contribution in [0.4, 0.5) is 54.8 Å². The molecular weight excluding hydrogens is 2600 g/mol. The van der Waals surface area contributed by atoms with Gasteiger partial charge in [-0.05, 0) is 24.3 Å². The van der Waals surface area contributed by atoms with Crippen molar-refractivity contribution in [2.75, 3.05) is 35.2 Å². The summed E-state index contributed by atoms with van der Waals surface area (Å²) in [6.07, 6.45) is 23.6. The molecule has 0 N–H and O–H groups in total. The van der Waals surface area contributed by atoms with Gasteiger partial charge < -0.3 is 0 Å². The van der Waals surface area contributed by atoms with E-state index in [2.05, 4.69) is 176 Å². The standard InChI is InChI=1S/C11H4F2N3.C10H5F2N2.C10H7N2.C9H4F2N3.5C9H8N3.C9H6N3.5Ir/c12-9-3-2-7(10(13)8(9)6-14)11-15-4-1-5-16-11;11-7-2-3-8(9(12)6-7)10-13-4-1-5-14-10;1-2-5-9(6-3-1)10-11-7-4-8-12-10;10-7-3-2-6(8(11)14-7)9-12-4-1-5-13-9;5*1-11-7-10-12(8-11)9-5-3-2-4-6-9;1-2-4-8(5-3-1)9-11-6-10-7-12-9;;;;;/h1,3-5H;1-2,4-6H;1-5,7-8H;1,3-5H;5*2-5,7H,1H3;1-4,6-7H;;;;;/q4*-1;5*+1;-1;;;;;. The Morgan fingerprint density at radius 2 is 0.602 bits per heavy atom. The van der Waals surface area contributed by atoms with Crippen LogP contribution in [-0.2, 0) is 101 Å². The molecule has 39 heteroatoms. The number of hydrogen-bond acceptors (Lipinski definition) is 18. The minimum atomic E-state index is -0.992. The number of hydrogen-bond donors (Lipinski definition) is 0. The van der Waals surface area contributed by atoms with Crippen molar-refractivity contribution in [2.24, 2.45) is 25.5 Å². The van der Waals surface area contributed by atoms with Gasteiger partial charge in [-0.2, -0.15) is 96.3 Å². The molecule has 11 heterocycles. The predicted molar refractivity (Wildman–Crippen MR) is 456 cm³/mol. The van der Waals surface area contributed by atoms with E-state index in [0.717, 1.165) is 69.7 Å². The number of halogens is 6. The first-order chi connectivity index (χ1) is 62.5. The number of para-hydroxylation sites is 5. The molecule has 0 unspecified atom stereocenters. The maximum atomic E-state index is 13.6. The third-order valence-corrected chi connectivity index (χ3v) is 15.6. The summed E-state index contributed by atoms with van der Waals surface area (Å²) < 4.78 is 95.0. The fourth-order valence-corrected chi connectivity index (χ4v) is 9.89. The zero-order valence-electron chi connectivity index (χ0n) is 69.9. The van der Waals surface area contributed by atoms with E-state index in [1.54, 1.807) is 115 Å². The van der Waals surface area contributed by atoms with E-state index in [1.807, 2.05) is 205 Å². The molecule has 5 radical (unpaired) electrons. The summed E-state index contributed by atoms with van der Waals surface area (Å²) >= 11 is 0. The first-order valence-electron chi connectivity index (χ1n) is 37.6. The van der Waals surface area contributed by atoms with Crippen LogP contribution in [0.5, 0.6) is 0 Å². The first kappa shape index (κ1) is 107. The van der Waals surface area contributed by atoms with Crippen LogP contribution < -0.4 is 0 Å². The molecule has 20 rings (SSSR count). The van der Waals surface area contributed by atoms with Crippen molar-refractivity contribution in [3.63, 3.8) is 0 Å². The summed E-state index contributed by atoms with van der Waals surface area (Å²) in [5.41, 5.74) is 5.60. The Hall–Kier alpha value is -15.0. The zero-order valence-corrected chi connectivity index (χ0v) is 81.9. The number of rotatable bonds is 10. The molecule has 9 aromatic carbocycles. The van der Waals surface area contributed by atoms with E-state index in [-0.39, 0.29) is 135 Å². The van der Waals surface area contributed by atoms with E-state index in [0.29, 0.717) is 5.82 Å². The van der Waals surface area contributed by atoms with Crippen molar-refractivity contribution >= 4 is 90.2 Å². The molecule has 0 amide bonds. The van der Waals surface area contributed by atoms with Crippen molar-refractivity contribution in [3.8, 4) is 63.0 Å². The van der Waals surface area contributed by atoms with E-state index in [4.69, 9.17) is 5.26 Å². The normalized spacial score (nSPS) is 11.6. The molecule has 0 aliphatic carbocycles. The van der Waals surface area contributed by atoms with Gasteiger partial charge in [0.2, 0.25) is 25.5 Å². The van der Waals surface area contributed by atoms with Crippen LogP contribution >= 0.6 is 0 Å². The van der Waals surface area contributed by atoms with E-state index >= 15 is 0 Å². The Morgan fingerprint density at radius 1 is 0.308 bits per heavy atom. The summed E-state index contributed by atoms with van der Waals surface area (Å²) in [5.74, 6) is -3.41. The Morgan fingerprint density at radius 3 is 0.887 bits per heavy atom. The van der Waals surface area contributed by atoms with Crippen molar-refractivity contribution in [2.45, 2.75) is 0 Å². The molecule has 669 valence electrons. The summed E-state index contributed by atoms with van der Waals surface area (Å²) in [5, 5.41) is 29.0. The van der Waals surface area contributed by atoms with Gasteiger partial charge in [-0.1, -0.05) is 28.8 Å². The van der Waals surface area contributed by atoms with Crippen LogP contribution in [0.1, 0.15) is 5.56 Å². The number of nitrogens with zero attached hydrogens (tertiary/aromatic N) is 28. The van der Waals surface area contributed by atoms with Crippen LogP contribution in [0, 0.1) is 107 Å². The van der Waals surface area contributed by atoms with Crippen LogP contribution in [-0.4, -0.2) is 203 Å². The van der Waals surface area contributed by atoms with E-state index < -0.39 is 40.7 Å². The van der Waals surface area contributed by atoms with Crippen molar-refractivity contribution in [1.29, 1.82) is 5.26 Å². The first-order valence-corrected chi connectivity index (χ1v) is 37.6. The van der Waals surface area contributed by atoms with Crippen molar-refractivity contribution in [3.05, 3.63) is 382 Å². The topological polar surface area (TPSA) is 270 Å². The summed E-state index contributed by atoms with van der Waals surface area (Å²) in [6.45, 7) is 0. The number of aromatic nitrogens is 12. The Balaban J connectivity index is 0.000000227. The summed E-state index contributed by atoms with van der Waals surface area (Å²) in [7, 11) is 9.41. The molecule has 0 fully saturated rings. The predicted octanol–water partition coefficient (Wildman–Crippen LogP) is 13.7. The zero-order chi connectivity index (χ0) is 89.9. The van der Waals surface area contributed by atoms with Crippen molar-refractivity contribution in [1.82, 2.24) is 59.8 Å². The van der Waals surface area contributed by atoms with Crippen molar-refractivity contribution < 1.29 is 173 Å².